The minimum absolute atomic E-state index is 0.444. The first-order chi connectivity index (χ1) is 9.85. The predicted molar refractivity (Wildman–Crippen MR) is 84.0 cm³/mol. The van der Waals surface area contributed by atoms with Gasteiger partial charge in [0.2, 0.25) is 0 Å². The Morgan fingerprint density at radius 2 is 1.85 bits per heavy atom. The third-order valence-corrected chi connectivity index (χ3v) is 4.37. The summed E-state index contributed by atoms with van der Waals surface area (Å²) in [5.41, 5.74) is 2.99. The van der Waals surface area contributed by atoms with Crippen LogP contribution in [-0.2, 0) is 6.42 Å². The van der Waals surface area contributed by atoms with Gasteiger partial charge in [-0.05, 0) is 42.5 Å². The van der Waals surface area contributed by atoms with E-state index in [0.29, 0.717) is 12.1 Å². The zero-order chi connectivity index (χ0) is 13.9. The maximum atomic E-state index is 4.60. The highest BCUT2D eigenvalue weighted by molar-refractivity contribution is 5.49. The van der Waals surface area contributed by atoms with Crippen molar-refractivity contribution >= 4 is 5.82 Å². The molecule has 2 unspecified atom stereocenters. The van der Waals surface area contributed by atoms with Crippen molar-refractivity contribution in [2.24, 2.45) is 0 Å². The molecular weight excluding hydrogens is 244 g/mol. The number of anilines is 1. The van der Waals surface area contributed by atoms with Crippen LogP contribution in [0, 0.1) is 0 Å². The number of fused-ring (bicyclic) bond motifs is 1. The molecule has 0 spiro atoms. The van der Waals surface area contributed by atoms with Crippen LogP contribution in [0.4, 0.5) is 5.82 Å². The highest BCUT2D eigenvalue weighted by Gasteiger charge is 2.32. The Hall–Kier alpha value is -1.83. The molecule has 1 aliphatic heterocycles. The van der Waals surface area contributed by atoms with E-state index in [2.05, 4.69) is 60.1 Å². The molecular formula is C18H22N2. The second-order valence-corrected chi connectivity index (χ2v) is 5.48. The molecule has 104 valence electrons. The SMILES string of the molecule is CCC1Cc2ccccc2C(CC)N1c1ccccn1. The third-order valence-electron chi connectivity index (χ3n) is 4.37. The largest absolute Gasteiger partial charge is 0.346 e. The van der Waals surface area contributed by atoms with Crippen LogP contribution >= 0.6 is 0 Å². The van der Waals surface area contributed by atoms with Crippen LogP contribution in [0.15, 0.2) is 48.7 Å². The standard InChI is InChI=1S/C18H22N2/c1-3-15-13-14-9-5-6-10-16(14)17(4-2)20(15)18-11-7-8-12-19-18/h5-12,15,17H,3-4,13H2,1-2H3. The van der Waals surface area contributed by atoms with Gasteiger partial charge in [-0.15, -0.1) is 0 Å². The molecule has 0 saturated heterocycles. The maximum absolute atomic E-state index is 4.60. The Bertz CT molecular complexity index is 565. The van der Waals surface area contributed by atoms with Gasteiger partial charge in [0, 0.05) is 12.2 Å². The van der Waals surface area contributed by atoms with E-state index >= 15 is 0 Å². The van der Waals surface area contributed by atoms with E-state index in [1.807, 2.05) is 12.3 Å². The lowest BCUT2D eigenvalue weighted by atomic mass is 9.86. The minimum atomic E-state index is 0.444. The van der Waals surface area contributed by atoms with Crippen molar-refractivity contribution in [3.63, 3.8) is 0 Å². The molecule has 0 radical (unpaired) electrons. The Morgan fingerprint density at radius 1 is 1.05 bits per heavy atom. The Balaban J connectivity index is 2.07. The average molecular weight is 266 g/mol. The highest BCUT2D eigenvalue weighted by Crippen LogP contribution is 2.38. The minimum Gasteiger partial charge on any atom is -0.346 e. The number of hydrogen-bond acceptors (Lipinski definition) is 2. The topological polar surface area (TPSA) is 16.1 Å². The summed E-state index contributed by atoms with van der Waals surface area (Å²) < 4.78 is 0. The van der Waals surface area contributed by atoms with Gasteiger partial charge in [0.05, 0.1) is 6.04 Å². The second kappa shape index (κ2) is 5.66. The van der Waals surface area contributed by atoms with Crippen molar-refractivity contribution in [1.82, 2.24) is 4.98 Å². The van der Waals surface area contributed by atoms with Gasteiger partial charge in [0.15, 0.2) is 0 Å². The van der Waals surface area contributed by atoms with Gasteiger partial charge < -0.3 is 4.90 Å². The summed E-state index contributed by atoms with van der Waals surface area (Å²) >= 11 is 0. The molecule has 1 aliphatic rings. The van der Waals surface area contributed by atoms with Crippen LogP contribution in [0.2, 0.25) is 0 Å². The molecule has 0 fully saturated rings. The van der Waals surface area contributed by atoms with Crippen LogP contribution in [0.1, 0.15) is 43.9 Å². The van der Waals surface area contributed by atoms with E-state index in [0.717, 1.165) is 25.1 Å². The van der Waals surface area contributed by atoms with E-state index in [1.165, 1.54) is 11.1 Å². The van der Waals surface area contributed by atoms with E-state index in [9.17, 15) is 0 Å². The fourth-order valence-corrected chi connectivity index (χ4v) is 3.41. The second-order valence-electron chi connectivity index (χ2n) is 5.48. The molecule has 0 bridgehead atoms. The number of rotatable bonds is 3. The smallest absolute Gasteiger partial charge is 0.129 e. The van der Waals surface area contributed by atoms with Crippen LogP contribution in [0.25, 0.3) is 0 Å². The quantitative estimate of drug-likeness (QED) is 0.820. The van der Waals surface area contributed by atoms with Gasteiger partial charge >= 0.3 is 0 Å². The van der Waals surface area contributed by atoms with Gasteiger partial charge in [0.25, 0.3) is 0 Å². The Morgan fingerprint density at radius 3 is 2.55 bits per heavy atom. The highest BCUT2D eigenvalue weighted by atomic mass is 15.2. The third kappa shape index (κ3) is 2.20. The van der Waals surface area contributed by atoms with Gasteiger partial charge in [-0.1, -0.05) is 44.2 Å². The van der Waals surface area contributed by atoms with E-state index in [4.69, 9.17) is 0 Å². The first kappa shape index (κ1) is 13.2. The average Bonchev–Trinajstić information content (AvgIpc) is 2.53. The fraction of sp³-hybridized carbons (Fsp3) is 0.389. The summed E-state index contributed by atoms with van der Waals surface area (Å²) in [6.07, 6.45) is 5.29. The van der Waals surface area contributed by atoms with Gasteiger partial charge in [-0.2, -0.15) is 0 Å². The number of hydrogen-bond donors (Lipinski definition) is 0. The molecule has 3 rings (SSSR count). The van der Waals surface area contributed by atoms with Gasteiger partial charge in [-0.3, -0.25) is 0 Å². The molecule has 1 aromatic carbocycles. The van der Waals surface area contributed by atoms with E-state index in [1.54, 1.807) is 0 Å². The van der Waals surface area contributed by atoms with Crippen molar-refractivity contribution in [2.75, 3.05) is 4.90 Å². The summed E-state index contributed by atoms with van der Waals surface area (Å²) in [4.78, 5) is 7.13. The molecule has 2 atom stereocenters. The Labute approximate surface area is 121 Å². The normalized spacial score (nSPS) is 21.6. The summed E-state index contributed by atoms with van der Waals surface area (Å²) in [6.45, 7) is 4.55. The summed E-state index contributed by atoms with van der Waals surface area (Å²) in [5, 5.41) is 0. The number of nitrogens with zero attached hydrogens (tertiary/aromatic N) is 2. The molecule has 0 amide bonds. The van der Waals surface area contributed by atoms with Crippen molar-refractivity contribution in [3.8, 4) is 0 Å². The number of aromatic nitrogens is 1. The predicted octanol–water partition coefficient (Wildman–Crippen LogP) is 4.37. The number of benzene rings is 1. The monoisotopic (exact) mass is 266 g/mol. The van der Waals surface area contributed by atoms with Crippen molar-refractivity contribution in [2.45, 2.75) is 45.2 Å². The van der Waals surface area contributed by atoms with Gasteiger partial charge in [-0.25, -0.2) is 4.98 Å². The van der Waals surface area contributed by atoms with Crippen LogP contribution in [0.3, 0.4) is 0 Å². The fourth-order valence-electron chi connectivity index (χ4n) is 3.41. The molecule has 2 heterocycles. The zero-order valence-electron chi connectivity index (χ0n) is 12.3. The summed E-state index contributed by atoms with van der Waals surface area (Å²) in [7, 11) is 0. The molecule has 2 heteroatoms. The molecule has 2 aromatic rings. The van der Waals surface area contributed by atoms with Crippen LogP contribution < -0.4 is 4.90 Å². The summed E-state index contributed by atoms with van der Waals surface area (Å²) in [6, 6.07) is 16.1. The summed E-state index contributed by atoms with van der Waals surface area (Å²) in [5.74, 6) is 1.11. The molecule has 2 nitrogen and oxygen atoms in total. The molecule has 1 aromatic heterocycles. The molecule has 0 saturated carbocycles. The number of pyridine rings is 1. The molecule has 0 N–H and O–H groups in total. The van der Waals surface area contributed by atoms with E-state index < -0.39 is 0 Å². The lowest BCUT2D eigenvalue weighted by molar-refractivity contribution is 0.455. The first-order valence-corrected chi connectivity index (χ1v) is 7.62. The zero-order valence-corrected chi connectivity index (χ0v) is 12.3. The molecule has 0 aliphatic carbocycles. The lowest BCUT2D eigenvalue weighted by Crippen LogP contribution is -2.44. The van der Waals surface area contributed by atoms with Crippen LogP contribution in [0.5, 0.6) is 0 Å². The Kier molecular flexibility index (Phi) is 3.72. The first-order valence-electron chi connectivity index (χ1n) is 7.62. The maximum Gasteiger partial charge on any atom is 0.129 e. The van der Waals surface area contributed by atoms with Crippen molar-refractivity contribution in [3.05, 3.63) is 59.8 Å². The van der Waals surface area contributed by atoms with Crippen molar-refractivity contribution in [1.29, 1.82) is 0 Å². The lowest BCUT2D eigenvalue weighted by Gasteiger charge is -2.43. The van der Waals surface area contributed by atoms with Crippen LogP contribution in [-0.4, -0.2) is 11.0 Å². The molecule has 20 heavy (non-hydrogen) atoms. The van der Waals surface area contributed by atoms with E-state index in [-0.39, 0.29) is 0 Å². The van der Waals surface area contributed by atoms with Gasteiger partial charge in [0.1, 0.15) is 5.82 Å². The van der Waals surface area contributed by atoms with Crippen molar-refractivity contribution < 1.29 is 0 Å².